The van der Waals surface area contributed by atoms with Gasteiger partial charge in [0.2, 0.25) is 5.91 Å². The molecule has 0 bridgehead atoms. The van der Waals surface area contributed by atoms with Crippen LogP contribution in [0.25, 0.3) is 11.0 Å². The molecule has 1 unspecified atom stereocenters. The summed E-state index contributed by atoms with van der Waals surface area (Å²) in [5.41, 5.74) is 6.76. The maximum absolute atomic E-state index is 12.9. The van der Waals surface area contributed by atoms with Crippen molar-refractivity contribution in [3.63, 3.8) is 0 Å². The van der Waals surface area contributed by atoms with Crippen LogP contribution < -0.4 is 9.64 Å². The summed E-state index contributed by atoms with van der Waals surface area (Å²) in [6, 6.07) is 22.7. The summed E-state index contributed by atoms with van der Waals surface area (Å²) in [6.07, 6.45) is 2.44. The van der Waals surface area contributed by atoms with E-state index < -0.39 is 0 Å². The molecule has 2 heterocycles. The second kappa shape index (κ2) is 9.95. The number of ether oxygens (including phenoxy) is 1. The van der Waals surface area contributed by atoms with Gasteiger partial charge in [-0.2, -0.15) is 0 Å². The number of rotatable bonds is 8. The van der Waals surface area contributed by atoms with Gasteiger partial charge in [-0.3, -0.25) is 4.79 Å². The molecule has 0 aliphatic carbocycles. The molecule has 1 atom stereocenters. The zero-order valence-electron chi connectivity index (χ0n) is 20.8. The van der Waals surface area contributed by atoms with Gasteiger partial charge >= 0.3 is 0 Å². The molecule has 3 aromatic carbocycles. The molecule has 35 heavy (non-hydrogen) atoms. The van der Waals surface area contributed by atoms with E-state index in [-0.39, 0.29) is 11.8 Å². The van der Waals surface area contributed by atoms with Crippen LogP contribution in [0.2, 0.25) is 0 Å². The molecular formula is C30H33N3O2. The third kappa shape index (κ3) is 4.81. The molecule has 0 spiro atoms. The lowest BCUT2D eigenvalue weighted by Crippen LogP contribution is -2.24. The second-order valence-corrected chi connectivity index (χ2v) is 9.60. The average Bonchev–Trinajstić information content (AvgIpc) is 3.42. The monoisotopic (exact) mass is 467 g/mol. The van der Waals surface area contributed by atoms with Crippen molar-refractivity contribution in [2.75, 3.05) is 18.1 Å². The Bertz CT molecular complexity index is 1340. The summed E-state index contributed by atoms with van der Waals surface area (Å²) in [5, 5.41) is 0. The quantitative estimate of drug-likeness (QED) is 0.284. The highest BCUT2D eigenvalue weighted by Crippen LogP contribution is 2.33. The SMILES string of the molecule is Cc1ccc(N2CC(c3nc4ccccc4n3CCCCOc3cccc(C)c3C)CC2=O)cc1. The standard InChI is InChI=1S/C30H33N3O2/c1-21-13-15-25(16-14-21)33-20-24(19-29(33)34)30-31-26-10-4-5-11-27(26)32(30)17-6-7-18-35-28-12-8-9-22(2)23(28)3/h4-5,8-16,24H,6-7,17-20H2,1-3H3. The van der Waals surface area contributed by atoms with Crippen LogP contribution in [0.1, 0.15) is 47.7 Å². The van der Waals surface area contributed by atoms with Crippen molar-refractivity contribution in [2.24, 2.45) is 0 Å². The maximum atomic E-state index is 12.9. The van der Waals surface area contributed by atoms with Gasteiger partial charge in [-0.25, -0.2) is 4.98 Å². The van der Waals surface area contributed by atoms with Crippen LogP contribution in [-0.2, 0) is 11.3 Å². The van der Waals surface area contributed by atoms with Crippen LogP contribution in [0.15, 0.2) is 66.7 Å². The van der Waals surface area contributed by atoms with E-state index in [1.54, 1.807) is 0 Å². The number of para-hydroxylation sites is 2. The number of carbonyl (C=O) groups is 1. The largest absolute Gasteiger partial charge is 0.493 e. The highest BCUT2D eigenvalue weighted by molar-refractivity contribution is 5.96. The number of aryl methyl sites for hydroxylation is 3. The van der Waals surface area contributed by atoms with E-state index in [4.69, 9.17) is 9.72 Å². The first-order chi connectivity index (χ1) is 17.0. The minimum Gasteiger partial charge on any atom is -0.493 e. The van der Waals surface area contributed by atoms with Gasteiger partial charge in [0.1, 0.15) is 11.6 Å². The lowest BCUT2D eigenvalue weighted by Gasteiger charge is -2.18. The molecule has 180 valence electrons. The van der Waals surface area contributed by atoms with E-state index >= 15 is 0 Å². The first-order valence-electron chi connectivity index (χ1n) is 12.5. The fourth-order valence-electron chi connectivity index (χ4n) is 4.93. The number of unbranched alkanes of at least 4 members (excludes halogenated alkanes) is 1. The summed E-state index contributed by atoms with van der Waals surface area (Å²) in [7, 11) is 0. The van der Waals surface area contributed by atoms with Crippen molar-refractivity contribution in [2.45, 2.75) is 52.5 Å². The van der Waals surface area contributed by atoms with Gasteiger partial charge in [0.15, 0.2) is 0 Å². The summed E-state index contributed by atoms with van der Waals surface area (Å²) < 4.78 is 8.39. The molecule has 5 heteroatoms. The van der Waals surface area contributed by atoms with Crippen LogP contribution in [0.4, 0.5) is 5.69 Å². The molecule has 0 radical (unpaired) electrons. The van der Waals surface area contributed by atoms with Gasteiger partial charge in [-0.05, 0) is 75.1 Å². The molecule has 1 aliphatic heterocycles. The summed E-state index contributed by atoms with van der Waals surface area (Å²) in [5.74, 6) is 2.24. The molecule has 4 aromatic rings. The van der Waals surface area contributed by atoms with Gasteiger partial charge in [-0.15, -0.1) is 0 Å². The number of nitrogens with zero attached hydrogens (tertiary/aromatic N) is 3. The van der Waals surface area contributed by atoms with Crippen molar-refractivity contribution in [1.29, 1.82) is 0 Å². The number of aromatic nitrogens is 2. The molecule has 1 aromatic heterocycles. The minimum atomic E-state index is 0.0856. The van der Waals surface area contributed by atoms with Gasteiger partial charge in [0.05, 0.1) is 17.6 Å². The van der Waals surface area contributed by atoms with Crippen LogP contribution in [0.5, 0.6) is 5.75 Å². The Hall–Kier alpha value is -3.60. The predicted molar refractivity (Wildman–Crippen MR) is 141 cm³/mol. The van der Waals surface area contributed by atoms with Crippen molar-refractivity contribution < 1.29 is 9.53 Å². The minimum absolute atomic E-state index is 0.0856. The zero-order valence-corrected chi connectivity index (χ0v) is 20.8. The fraction of sp³-hybridized carbons (Fsp3) is 0.333. The van der Waals surface area contributed by atoms with Crippen LogP contribution >= 0.6 is 0 Å². The van der Waals surface area contributed by atoms with Gasteiger partial charge < -0.3 is 14.2 Å². The molecular weight excluding hydrogens is 434 g/mol. The molecule has 5 nitrogen and oxygen atoms in total. The van der Waals surface area contributed by atoms with Gasteiger partial charge in [-0.1, -0.05) is 42.0 Å². The van der Waals surface area contributed by atoms with E-state index in [9.17, 15) is 4.79 Å². The number of fused-ring (bicyclic) bond motifs is 1. The Labute approximate surface area is 207 Å². The fourth-order valence-corrected chi connectivity index (χ4v) is 4.93. The van der Waals surface area contributed by atoms with Crippen molar-refractivity contribution in [3.8, 4) is 5.75 Å². The van der Waals surface area contributed by atoms with Gasteiger partial charge in [0, 0.05) is 31.1 Å². The third-order valence-electron chi connectivity index (χ3n) is 7.11. The number of benzene rings is 3. The Morgan fingerprint density at radius 1 is 0.943 bits per heavy atom. The third-order valence-corrected chi connectivity index (χ3v) is 7.11. The molecule has 0 N–H and O–H groups in total. The van der Waals surface area contributed by atoms with Crippen molar-refractivity contribution in [3.05, 3.63) is 89.2 Å². The Balaban J connectivity index is 1.29. The highest BCUT2D eigenvalue weighted by Gasteiger charge is 2.34. The number of hydrogen-bond acceptors (Lipinski definition) is 3. The normalized spacial score (nSPS) is 15.8. The van der Waals surface area contributed by atoms with E-state index in [1.165, 1.54) is 16.7 Å². The Kier molecular flexibility index (Phi) is 6.58. The number of amides is 1. The van der Waals surface area contributed by atoms with Crippen LogP contribution in [-0.4, -0.2) is 28.6 Å². The van der Waals surface area contributed by atoms with E-state index in [0.717, 1.165) is 47.7 Å². The number of hydrogen-bond donors (Lipinski definition) is 0. The Morgan fingerprint density at radius 3 is 2.57 bits per heavy atom. The molecule has 1 aliphatic rings. The average molecular weight is 468 g/mol. The Morgan fingerprint density at radius 2 is 1.74 bits per heavy atom. The molecule has 1 amide bonds. The van der Waals surface area contributed by atoms with Crippen molar-refractivity contribution in [1.82, 2.24) is 9.55 Å². The molecule has 0 saturated carbocycles. The number of imidazole rings is 1. The van der Waals surface area contributed by atoms with Crippen LogP contribution in [0.3, 0.4) is 0 Å². The van der Waals surface area contributed by atoms with E-state index in [1.807, 2.05) is 35.2 Å². The second-order valence-electron chi connectivity index (χ2n) is 9.60. The lowest BCUT2D eigenvalue weighted by atomic mass is 10.1. The number of carbonyl (C=O) groups excluding carboxylic acids is 1. The first kappa shape index (κ1) is 23.2. The molecule has 1 fully saturated rings. The first-order valence-corrected chi connectivity index (χ1v) is 12.5. The van der Waals surface area contributed by atoms with Crippen molar-refractivity contribution >= 4 is 22.6 Å². The van der Waals surface area contributed by atoms with E-state index in [2.05, 4.69) is 61.7 Å². The summed E-state index contributed by atoms with van der Waals surface area (Å²) >= 11 is 0. The van der Waals surface area contributed by atoms with Crippen LogP contribution in [0, 0.1) is 20.8 Å². The number of anilines is 1. The highest BCUT2D eigenvalue weighted by atomic mass is 16.5. The smallest absolute Gasteiger partial charge is 0.227 e. The zero-order chi connectivity index (χ0) is 24.4. The predicted octanol–water partition coefficient (Wildman–Crippen LogP) is 6.34. The maximum Gasteiger partial charge on any atom is 0.227 e. The summed E-state index contributed by atoms with van der Waals surface area (Å²) in [4.78, 5) is 19.8. The molecule has 1 saturated heterocycles. The molecule has 5 rings (SSSR count). The lowest BCUT2D eigenvalue weighted by molar-refractivity contribution is -0.117. The van der Waals surface area contributed by atoms with E-state index in [0.29, 0.717) is 19.6 Å². The summed E-state index contributed by atoms with van der Waals surface area (Å²) in [6.45, 7) is 8.50. The topological polar surface area (TPSA) is 47.4 Å². The van der Waals surface area contributed by atoms with Gasteiger partial charge in [0.25, 0.3) is 0 Å².